The Hall–Kier alpha value is -0.0400. The zero-order valence-corrected chi connectivity index (χ0v) is 6.27. The fourth-order valence-corrected chi connectivity index (χ4v) is 1.63. The Kier molecular flexibility index (Phi) is 3.05. The molecule has 0 saturated heterocycles. The second kappa shape index (κ2) is 3.89. The van der Waals surface area contributed by atoms with Crippen LogP contribution in [0.4, 0.5) is 0 Å². The SMILES string of the molecule is C[N]CC1CCCCC1. The van der Waals surface area contributed by atoms with Crippen molar-refractivity contribution < 1.29 is 0 Å². The van der Waals surface area contributed by atoms with Gasteiger partial charge in [0.2, 0.25) is 0 Å². The van der Waals surface area contributed by atoms with Crippen LogP contribution in [0.25, 0.3) is 0 Å². The van der Waals surface area contributed by atoms with E-state index in [0.717, 1.165) is 12.5 Å². The van der Waals surface area contributed by atoms with E-state index >= 15 is 0 Å². The molecule has 9 heavy (non-hydrogen) atoms. The lowest BCUT2D eigenvalue weighted by Crippen LogP contribution is -2.16. The first-order valence-electron chi connectivity index (χ1n) is 3.99. The van der Waals surface area contributed by atoms with Gasteiger partial charge in [-0.3, -0.25) is 0 Å². The molecule has 0 unspecified atom stereocenters. The Morgan fingerprint density at radius 3 is 2.44 bits per heavy atom. The number of hydrogen-bond donors (Lipinski definition) is 0. The fourth-order valence-electron chi connectivity index (χ4n) is 1.63. The van der Waals surface area contributed by atoms with Crippen molar-refractivity contribution in [2.75, 3.05) is 13.6 Å². The Morgan fingerprint density at radius 2 is 1.89 bits per heavy atom. The van der Waals surface area contributed by atoms with Gasteiger partial charge in [0, 0.05) is 13.6 Å². The van der Waals surface area contributed by atoms with Crippen molar-refractivity contribution in [1.82, 2.24) is 5.32 Å². The fraction of sp³-hybridized carbons (Fsp3) is 1.00. The second-order valence-electron chi connectivity index (χ2n) is 3.00. The lowest BCUT2D eigenvalue weighted by molar-refractivity contribution is 0.348. The minimum Gasteiger partial charge on any atom is -0.245 e. The highest BCUT2D eigenvalue weighted by atomic mass is 14.8. The van der Waals surface area contributed by atoms with Crippen LogP contribution < -0.4 is 5.32 Å². The van der Waals surface area contributed by atoms with E-state index in [1.165, 1.54) is 32.1 Å². The number of rotatable bonds is 2. The molecule has 0 N–H and O–H groups in total. The molecule has 1 rings (SSSR count). The monoisotopic (exact) mass is 126 g/mol. The van der Waals surface area contributed by atoms with Gasteiger partial charge in [0.15, 0.2) is 0 Å². The zero-order chi connectivity index (χ0) is 6.53. The summed E-state index contributed by atoms with van der Waals surface area (Å²) in [4.78, 5) is 0. The van der Waals surface area contributed by atoms with Crippen LogP contribution in [0.5, 0.6) is 0 Å². The summed E-state index contributed by atoms with van der Waals surface area (Å²) in [5, 5.41) is 4.16. The van der Waals surface area contributed by atoms with Crippen molar-refractivity contribution in [2.24, 2.45) is 5.92 Å². The van der Waals surface area contributed by atoms with E-state index < -0.39 is 0 Å². The molecule has 0 aromatic carbocycles. The van der Waals surface area contributed by atoms with E-state index in [9.17, 15) is 0 Å². The van der Waals surface area contributed by atoms with Crippen molar-refractivity contribution in [3.8, 4) is 0 Å². The Bertz CT molecular complexity index is 62.2. The lowest BCUT2D eigenvalue weighted by atomic mass is 9.89. The van der Waals surface area contributed by atoms with E-state index in [4.69, 9.17) is 0 Å². The summed E-state index contributed by atoms with van der Waals surface area (Å²) < 4.78 is 0. The normalized spacial score (nSPS) is 22.3. The summed E-state index contributed by atoms with van der Waals surface area (Å²) >= 11 is 0. The van der Waals surface area contributed by atoms with Crippen molar-refractivity contribution >= 4 is 0 Å². The van der Waals surface area contributed by atoms with Crippen LogP contribution in [0.1, 0.15) is 32.1 Å². The van der Waals surface area contributed by atoms with Crippen LogP contribution in [-0.4, -0.2) is 13.6 Å². The molecule has 0 aromatic heterocycles. The largest absolute Gasteiger partial charge is 0.245 e. The molecule has 1 saturated carbocycles. The molecule has 0 aromatic rings. The van der Waals surface area contributed by atoms with E-state index in [-0.39, 0.29) is 0 Å². The molecule has 1 heteroatoms. The van der Waals surface area contributed by atoms with Gasteiger partial charge in [-0.25, -0.2) is 5.32 Å². The maximum absolute atomic E-state index is 4.16. The van der Waals surface area contributed by atoms with Crippen molar-refractivity contribution in [3.63, 3.8) is 0 Å². The first-order valence-corrected chi connectivity index (χ1v) is 3.99. The highest BCUT2D eigenvalue weighted by Gasteiger charge is 2.11. The molecule has 1 nitrogen and oxygen atoms in total. The van der Waals surface area contributed by atoms with Gasteiger partial charge in [-0.2, -0.15) is 0 Å². The molecule has 0 heterocycles. The van der Waals surface area contributed by atoms with Gasteiger partial charge >= 0.3 is 0 Å². The molecular weight excluding hydrogens is 110 g/mol. The van der Waals surface area contributed by atoms with Crippen molar-refractivity contribution in [3.05, 3.63) is 0 Å². The quantitative estimate of drug-likeness (QED) is 0.535. The standard InChI is InChI=1S/C8H16N/c1-9-7-8-5-3-2-4-6-8/h8H,2-7H2,1H3. The summed E-state index contributed by atoms with van der Waals surface area (Å²) in [7, 11) is 1.93. The van der Waals surface area contributed by atoms with E-state index in [0.29, 0.717) is 0 Å². The Morgan fingerprint density at radius 1 is 1.22 bits per heavy atom. The molecule has 53 valence electrons. The third-order valence-corrected chi connectivity index (χ3v) is 2.17. The zero-order valence-electron chi connectivity index (χ0n) is 6.27. The van der Waals surface area contributed by atoms with Crippen LogP contribution in [0.2, 0.25) is 0 Å². The average Bonchev–Trinajstić information content (AvgIpc) is 1.91. The first kappa shape index (κ1) is 7.07. The maximum atomic E-state index is 4.16. The van der Waals surface area contributed by atoms with Gasteiger partial charge in [-0.15, -0.1) is 0 Å². The molecule has 1 radical (unpaired) electrons. The predicted octanol–water partition coefficient (Wildman–Crippen LogP) is 1.80. The third-order valence-electron chi connectivity index (χ3n) is 2.17. The van der Waals surface area contributed by atoms with Crippen molar-refractivity contribution in [1.29, 1.82) is 0 Å². The van der Waals surface area contributed by atoms with Crippen LogP contribution in [0.15, 0.2) is 0 Å². The van der Waals surface area contributed by atoms with Crippen LogP contribution in [0.3, 0.4) is 0 Å². The van der Waals surface area contributed by atoms with Crippen LogP contribution >= 0.6 is 0 Å². The Balaban J connectivity index is 2.08. The molecule has 0 atom stereocenters. The van der Waals surface area contributed by atoms with Gasteiger partial charge in [0.1, 0.15) is 0 Å². The second-order valence-corrected chi connectivity index (χ2v) is 3.00. The smallest absolute Gasteiger partial charge is 0.0158 e. The summed E-state index contributed by atoms with van der Waals surface area (Å²) in [6.07, 6.45) is 7.20. The van der Waals surface area contributed by atoms with Gasteiger partial charge in [0.25, 0.3) is 0 Å². The van der Waals surface area contributed by atoms with Crippen molar-refractivity contribution in [2.45, 2.75) is 32.1 Å². The topological polar surface area (TPSA) is 14.1 Å². The number of nitrogens with zero attached hydrogens (tertiary/aromatic N) is 1. The highest BCUT2D eigenvalue weighted by molar-refractivity contribution is 4.66. The minimum absolute atomic E-state index is 0.934. The van der Waals surface area contributed by atoms with Gasteiger partial charge in [0.05, 0.1) is 0 Å². The molecule has 0 amide bonds. The summed E-state index contributed by atoms with van der Waals surface area (Å²) in [6, 6.07) is 0. The van der Waals surface area contributed by atoms with Gasteiger partial charge in [-0.05, 0) is 18.8 Å². The minimum atomic E-state index is 0.934. The van der Waals surface area contributed by atoms with Crippen LogP contribution in [0, 0.1) is 5.92 Å². The predicted molar refractivity (Wildman–Crippen MR) is 39.5 cm³/mol. The lowest BCUT2D eigenvalue weighted by Gasteiger charge is -2.19. The van der Waals surface area contributed by atoms with Gasteiger partial charge in [-0.1, -0.05) is 19.3 Å². The number of hydrogen-bond acceptors (Lipinski definition) is 0. The maximum Gasteiger partial charge on any atom is 0.0158 e. The Labute approximate surface area is 57.8 Å². The molecule has 1 fully saturated rings. The summed E-state index contributed by atoms with van der Waals surface area (Å²) in [5.74, 6) is 0.934. The molecule has 0 spiro atoms. The summed E-state index contributed by atoms with van der Waals surface area (Å²) in [6.45, 7) is 1.11. The summed E-state index contributed by atoms with van der Waals surface area (Å²) in [5.41, 5.74) is 0. The van der Waals surface area contributed by atoms with Gasteiger partial charge < -0.3 is 0 Å². The highest BCUT2D eigenvalue weighted by Crippen LogP contribution is 2.22. The molecule has 0 aliphatic heterocycles. The molecule has 0 bridgehead atoms. The van der Waals surface area contributed by atoms with Crippen LogP contribution in [-0.2, 0) is 0 Å². The van der Waals surface area contributed by atoms with E-state index in [2.05, 4.69) is 5.32 Å². The molecule has 1 aliphatic carbocycles. The average molecular weight is 126 g/mol. The molecular formula is C8H16N. The molecule has 1 aliphatic rings. The first-order chi connectivity index (χ1) is 4.43. The van der Waals surface area contributed by atoms with E-state index in [1.807, 2.05) is 7.05 Å². The van der Waals surface area contributed by atoms with E-state index in [1.54, 1.807) is 0 Å². The third kappa shape index (κ3) is 2.35.